The number of nitrogens with zero attached hydrogens (tertiary/aromatic N) is 1. The standard InChI is InChI=1S/C17H19NO3/c1-11(2)21-15-8-14(9-18-10-15)17(19)13-5-6-16(20-4)12(3)7-13/h5-11H,1-4H3. The van der Waals surface area contributed by atoms with Crippen molar-refractivity contribution in [2.75, 3.05) is 7.11 Å². The van der Waals surface area contributed by atoms with E-state index in [4.69, 9.17) is 9.47 Å². The van der Waals surface area contributed by atoms with E-state index in [0.717, 1.165) is 11.3 Å². The lowest BCUT2D eigenvalue weighted by Gasteiger charge is -2.10. The van der Waals surface area contributed by atoms with Crippen LogP contribution >= 0.6 is 0 Å². The maximum atomic E-state index is 12.5. The van der Waals surface area contributed by atoms with Crippen LogP contribution in [0.1, 0.15) is 35.3 Å². The Bertz CT molecular complexity index is 650. The first-order valence-corrected chi connectivity index (χ1v) is 6.82. The van der Waals surface area contributed by atoms with Crippen LogP contribution in [0.3, 0.4) is 0 Å². The Balaban J connectivity index is 2.29. The SMILES string of the molecule is COc1ccc(C(=O)c2cncc(OC(C)C)c2)cc1C. The summed E-state index contributed by atoms with van der Waals surface area (Å²) in [5, 5.41) is 0. The van der Waals surface area contributed by atoms with E-state index in [0.29, 0.717) is 16.9 Å². The van der Waals surface area contributed by atoms with E-state index in [-0.39, 0.29) is 11.9 Å². The fourth-order valence-corrected chi connectivity index (χ4v) is 2.07. The molecule has 0 amide bonds. The highest BCUT2D eigenvalue weighted by Gasteiger charge is 2.12. The molecule has 0 aliphatic carbocycles. The first kappa shape index (κ1) is 15.0. The average molecular weight is 285 g/mol. The van der Waals surface area contributed by atoms with Gasteiger partial charge in [-0.05, 0) is 50.6 Å². The molecule has 2 aromatic rings. The van der Waals surface area contributed by atoms with Gasteiger partial charge < -0.3 is 9.47 Å². The molecule has 0 saturated carbocycles. The molecule has 21 heavy (non-hydrogen) atoms. The number of pyridine rings is 1. The zero-order valence-corrected chi connectivity index (χ0v) is 12.7. The topological polar surface area (TPSA) is 48.4 Å². The molecule has 2 rings (SSSR count). The van der Waals surface area contributed by atoms with E-state index >= 15 is 0 Å². The number of rotatable bonds is 5. The largest absolute Gasteiger partial charge is 0.496 e. The molecule has 0 atom stereocenters. The van der Waals surface area contributed by atoms with Crippen molar-refractivity contribution >= 4 is 5.78 Å². The number of benzene rings is 1. The van der Waals surface area contributed by atoms with E-state index < -0.39 is 0 Å². The van der Waals surface area contributed by atoms with Crippen molar-refractivity contribution < 1.29 is 14.3 Å². The van der Waals surface area contributed by atoms with Gasteiger partial charge in [0, 0.05) is 17.3 Å². The van der Waals surface area contributed by atoms with Crippen molar-refractivity contribution in [2.45, 2.75) is 26.9 Å². The summed E-state index contributed by atoms with van der Waals surface area (Å²) in [6.45, 7) is 5.77. The quantitative estimate of drug-likeness (QED) is 0.790. The second-order valence-electron chi connectivity index (χ2n) is 5.09. The average Bonchev–Trinajstić information content (AvgIpc) is 2.46. The number of carbonyl (C=O) groups is 1. The molecule has 0 unspecified atom stereocenters. The number of ether oxygens (including phenoxy) is 2. The molecule has 0 saturated heterocycles. The fraction of sp³-hybridized carbons (Fsp3) is 0.294. The number of aromatic nitrogens is 1. The molecule has 4 heteroatoms. The van der Waals surface area contributed by atoms with Crippen molar-refractivity contribution in [3.63, 3.8) is 0 Å². The Morgan fingerprint density at radius 2 is 1.90 bits per heavy atom. The van der Waals surface area contributed by atoms with Crippen LogP contribution < -0.4 is 9.47 Å². The predicted octanol–water partition coefficient (Wildman–Crippen LogP) is 3.42. The van der Waals surface area contributed by atoms with E-state index in [1.807, 2.05) is 26.8 Å². The Hall–Kier alpha value is -2.36. The van der Waals surface area contributed by atoms with Gasteiger partial charge in [-0.25, -0.2) is 0 Å². The summed E-state index contributed by atoms with van der Waals surface area (Å²) in [5.74, 6) is 1.28. The molecule has 0 bridgehead atoms. The smallest absolute Gasteiger partial charge is 0.194 e. The van der Waals surface area contributed by atoms with Crippen LogP contribution in [0.25, 0.3) is 0 Å². The monoisotopic (exact) mass is 285 g/mol. The molecule has 110 valence electrons. The van der Waals surface area contributed by atoms with Crippen molar-refractivity contribution in [3.8, 4) is 11.5 Å². The molecular weight excluding hydrogens is 266 g/mol. The van der Waals surface area contributed by atoms with Gasteiger partial charge in [0.2, 0.25) is 0 Å². The van der Waals surface area contributed by atoms with Gasteiger partial charge in [0.1, 0.15) is 11.5 Å². The van der Waals surface area contributed by atoms with E-state index in [9.17, 15) is 4.79 Å². The van der Waals surface area contributed by atoms with Gasteiger partial charge in [-0.3, -0.25) is 9.78 Å². The van der Waals surface area contributed by atoms with Gasteiger partial charge in [-0.1, -0.05) is 0 Å². The molecule has 0 aliphatic heterocycles. The van der Waals surface area contributed by atoms with Gasteiger partial charge in [-0.2, -0.15) is 0 Å². The number of carbonyl (C=O) groups excluding carboxylic acids is 1. The first-order chi connectivity index (χ1) is 10.0. The van der Waals surface area contributed by atoms with Gasteiger partial charge in [0.05, 0.1) is 19.4 Å². The summed E-state index contributed by atoms with van der Waals surface area (Å²) in [7, 11) is 1.61. The lowest BCUT2D eigenvalue weighted by atomic mass is 10.0. The fourth-order valence-electron chi connectivity index (χ4n) is 2.07. The van der Waals surface area contributed by atoms with Gasteiger partial charge in [-0.15, -0.1) is 0 Å². The van der Waals surface area contributed by atoms with E-state index in [1.54, 1.807) is 37.7 Å². The maximum absolute atomic E-state index is 12.5. The Kier molecular flexibility index (Phi) is 4.58. The number of aryl methyl sites for hydroxylation is 1. The highest BCUT2D eigenvalue weighted by molar-refractivity contribution is 6.09. The van der Waals surface area contributed by atoms with Crippen LogP contribution in [0.5, 0.6) is 11.5 Å². The molecule has 4 nitrogen and oxygen atoms in total. The highest BCUT2D eigenvalue weighted by atomic mass is 16.5. The Labute approximate surface area is 124 Å². The minimum atomic E-state index is -0.0811. The number of hydrogen-bond donors (Lipinski definition) is 0. The lowest BCUT2D eigenvalue weighted by Crippen LogP contribution is -2.08. The van der Waals surface area contributed by atoms with E-state index in [1.165, 1.54) is 0 Å². The van der Waals surface area contributed by atoms with E-state index in [2.05, 4.69) is 4.98 Å². The maximum Gasteiger partial charge on any atom is 0.194 e. The Morgan fingerprint density at radius 1 is 1.14 bits per heavy atom. The number of hydrogen-bond acceptors (Lipinski definition) is 4. The van der Waals surface area contributed by atoms with Crippen molar-refractivity contribution in [1.29, 1.82) is 0 Å². The lowest BCUT2D eigenvalue weighted by molar-refractivity contribution is 0.103. The van der Waals surface area contributed by atoms with Crippen LogP contribution in [0.2, 0.25) is 0 Å². The zero-order chi connectivity index (χ0) is 15.4. The summed E-state index contributed by atoms with van der Waals surface area (Å²) in [6, 6.07) is 7.08. The van der Waals surface area contributed by atoms with Gasteiger partial charge in [0.15, 0.2) is 5.78 Å². The summed E-state index contributed by atoms with van der Waals surface area (Å²) in [4.78, 5) is 16.6. The molecule has 0 fully saturated rings. The Morgan fingerprint density at radius 3 is 2.52 bits per heavy atom. The summed E-state index contributed by atoms with van der Waals surface area (Å²) < 4.78 is 10.8. The zero-order valence-electron chi connectivity index (χ0n) is 12.7. The van der Waals surface area contributed by atoms with Gasteiger partial charge in [0.25, 0.3) is 0 Å². The molecule has 1 aromatic heterocycles. The van der Waals surface area contributed by atoms with Crippen LogP contribution in [0.4, 0.5) is 0 Å². The minimum Gasteiger partial charge on any atom is -0.496 e. The van der Waals surface area contributed by atoms with Gasteiger partial charge >= 0.3 is 0 Å². The minimum absolute atomic E-state index is 0.0420. The summed E-state index contributed by atoms with van der Waals surface area (Å²) in [6.07, 6.45) is 3.20. The van der Waals surface area contributed by atoms with Crippen LogP contribution in [-0.4, -0.2) is 24.0 Å². The van der Waals surface area contributed by atoms with Crippen molar-refractivity contribution in [3.05, 3.63) is 53.3 Å². The summed E-state index contributed by atoms with van der Waals surface area (Å²) in [5.41, 5.74) is 2.04. The van der Waals surface area contributed by atoms with Crippen LogP contribution in [0.15, 0.2) is 36.7 Å². The highest BCUT2D eigenvalue weighted by Crippen LogP contribution is 2.21. The molecule has 1 heterocycles. The molecule has 0 N–H and O–H groups in total. The third-order valence-corrected chi connectivity index (χ3v) is 3.00. The first-order valence-electron chi connectivity index (χ1n) is 6.82. The van der Waals surface area contributed by atoms with Crippen LogP contribution in [0, 0.1) is 6.92 Å². The normalized spacial score (nSPS) is 10.5. The summed E-state index contributed by atoms with van der Waals surface area (Å²) >= 11 is 0. The molecule has 0 aliphatic rings. The van der Waals surface area contributed by atoms with Crippen molar-refractivity contribution in [1.82, 2.24) is 4.98 Å². The predicted molar refractivity (Wildman–Crippen MR) is 81.2 cm³/mol. The third kappa shape index (κ3) is 3.60. The number of methoxy groups -OCH3 is 1. The third-order valence-electron chi connectivity index (χ3n) is 3.00. The molecule has 0 radical (unpaired) electrons. The van der Waals surface area contributed by atoms with Crippen LogP contribution in [-0.2, 0) is 0 Å². The molecular formula is C17H19NO3. The molecule has 1 aromatic carbocycles. The molecule has 0 spiro atoms. The second kappa shape index (κ2) is 6.39. The number of ketones is 1. The second-order valence-corrected chi connectivity index (χ2v) is 5.09. The van der Waals surface area contributed by atoms with Crippen molar-refractivity contribution in [2.24, 2.45) is 0 Å².